The van der Waals surface area contributed by atoms with Gasteiger partial charge < -0.3 is 33.7 Å². The van der Waals surface area contributed by atoms with E-state index in [1.165, 1.54) is 47.8 Å². The Morgan fingerprint density at radius 1 is 0.690 bits per heavy atom. The van der Waals surface area contributed by atoms with E-state index in [0.29, 0.717) is 52.8 Å². The van der Waals surface area contributed by atoms with Crippen molar-refractivity contribution in [2.75, 3.05) is 42.1 Å². The molecule has 0 aliphatic heterocycles. The Morgan fingerprint density at radius 2 is 1.24 bits per heavy atom. The average Bonchev–Trinajstić information content (AvgIpc) is 3.02. The summed E-state index contributed by atoms with van der Waals surface area (Å²) in [7, 11) is 7.42. The largest absolute Gasteiger partial charge is 0.493 e. The minimum atomic E-state index is -0.608. The third-order valence-corrected chi connectivity index (χ3v) is 5.92. The fraction of sp³-hybridized carbons (Fsp3) is 0.267. The maximum Gasteiger partial charge on any atom is 0.343 e. The summed E-state index contributed by atoms with van der Waals surface area (Å²) >= 11 is 0. The molecule has 3 aromatic rings. The molecule has 222 valence electrons. The third-order valence-electron chi connectivity index (χ3n) is 5.92. The zero-order valence-corrected chi connectivity index (χ0v) is 24.0. The van der Waals surface area contributed by atoms with E-state index in [1.54, 1.807) is 48.5 Å². The van der Waals surface area contributed by atoms with Crippen LogP contribution in [0.3, 0.4) is 0 Å². The molecular formula is C30H33N3O9. The van der Waals surface area contributed by atoms with E-state index in [-0.39, 0.29) is 29.5 Å². The van der Waals surface area contributed by atoms with Crippen molar-refractivity contribution in [3.05, 3.63) is 71.3 Å². The van der Waals surface area contributed by atoms with Crippen molar-refractivity contribution in [3.63, 3.8) is 0 Å². The molecule has 0 unspecified atom stereocenters. The molecule has 0 saturated heterocycles. The molecule has 42 heavy (non-hydrogen) atoms. The maximum absolute atomic E-state index is 12.7. The van der Waals surface area contributed by atoms with Crippen LogP contribution in [0.4, 0.5) is 0 Å². The highest BCUT2D eigenvalue weighted by atomic mass is 16.6. The molecule has 0 aliphatic carbocycles. The highest BCUT2D eigenvalue weighted by molar-refractivity contribution is 5.95. The number of esters is 1. The van der Waals surface area contributed by atoms with Crippen LogP contribution in [0.2, 0.25) is 0 Å². The lowest BCUT2D eigenvalue weighted by Crippen LogP contribution is -2.26. The van der Waals surface area contributed by atoms with Gasteiger partial charge in [-0.15, -0.1) is 0 Å². The van der Waals surface area contributed by atoms with E-state index in [0.717, 1.165) is 0 Å². The lowest BCUT2D eigenvalue weighted by atomic mass is 10.2. The molecule has 0 fully saturated rings. The molecule has 2 N–H and O–H groups in total. The van der Waals surface area contributed by atoms with Crippen LogP contribution in [0.25, 0.3) is 0 Å². The van der Waals surface area contributed by atoms with Crippen molar-refractivity contribution in [2.45, 2.75) is 12.8 Å². The van der Waals surface area contributed by atoms with Crippen molar-refractivity contribution in [1.82, 2.24) is 10.7 Å². The molecule has 3 aromatic carbocycles. The van der Waals surface area contributed by atoms with E-state index >= 15 is 0 Å². The molecule has 0 aromatic heterocycles. The predicted molar refractivity (Wildman–Crippen MR) is 154 cm³/mol. The Labute approximate surface area is 243 Å². The van der Waals surface area contributed by atoms with Gasteiger partial charge >= 0.3 is 5.97 Å². The highest BCUT2D eigenvalue weighted by Gasteiger charge is 2.16. The summed E-state index contributed by atoms with van der Waals surface area (Å²) in [6, 6.07) is 14.4. The summed E-state index contributed by atoms with van der Waals surface area (Å²) in [5.41, 5.74) is 3.72. The zero-order chi connectivity index (χ0) is 30.5. The van der Waals surface area contributed by atoms with Crippen LogP contribution >= 0.6 is 0 Å². The second-order valence-electron chi connectivity index (χ2n) is 8.59. The maximum atomic E-state index is 12.7. The number of hydrogen-bond donors (Lipinski definition) is 2. The number of methoxy groups -OCH3 is 5. The molecule has 0 aliphatic rings. The van der Waals surface area contributed by atoms with E-state index in [2.05, 4.69) is 15.8 Å². The molecule has 0 spiro atoms. The summed E-state index contributed by atoms with van der Waals surface area (Å²) in [5, 5.41) is 6.72. The SMILES string of the molecule is COc1ccc(C(=O)NCCCC(=O)N/N=C/c2ccc(OC(=O)c3ccc(OC)c(OC)c3)c(OC)c2)cc1OC. The number of nitrogens with one attached hydrogen (secondary N) is 2. The van der Waals surface area contributed by atoms with Gasteiger partial charge in [0.1, 0.15) is 0 Å². The summed E-state index contributed by atoms with van der Waals surface area (Å²) in [6.07, 6.45) is 1.99. The molecule has 0 saturated carbocycles. The third kappa shape index (κ3) is 8.37. The van der Waals surface area contributed by atoms with E-state index in [9.17, 15) is 14.4 Å². The first-order chi connectivity index (χ1) is 20.3. The van der Waals surface area contributed by atoms with Gasteiger partial charge in [-0.3, -0.25) is 9.59 Å². The summed E-state index contributed by atoms with van der Waals surface area (Å²) < 4.78 is 31.7. The molecule has 0 heterocycles. The zero-order valence-electron chi connectivity index (χ0n) is 24.0. The van der Waals surface area contributed by atoms with Crippen molar-refractivity contribution >= 4 is 24.0 Å². The van der Waals surface area contributed by atoms with Gasteiger partial charge in [0.05, 0.1) is 47.3 Å². The topological polar surface area (TPSA) is 143 Å². The molecule has 0 atom stereocenters. The van der Waals surface area contributed by atoms with Crippen LogP contribution < -0.4 is 39.2 Å². The molecule has 0 radical (unpaired) electrons. The van der Waals surface area contributed by atoms with Gasteiger partial charge in [-0.1, -0.05) is 0 Å². The van der Waals surface area contributed by atoms with Gasteiger partial charge in [-0.05, 0) is 66.6 Å². The fourth-order valence-corrected chi connectivity index (χ4v) is 3.74. The molecule has 2 amide bonds. The number of hydrogen-bond acceptors (Lipinski definition) is 10. The number of carbonyl (C=O) groups is 3. The second kappa shape index (κ2) is 15.5. The smallest absolute Gasteiger partial charge is 0.343 e. The van der Waals surface area contributed by atoms with Crippen molar-refractivity contribution in [1.29, 1.82) is 0 Å². The Kier molecular flexibility index (Phi) is 11.5. The number of amides is 2. The molecule has 3 rings (SSSR count). The average molecular weight is 580 g/mol. The van der Waals surface area contributed by atoms with Gasteiger partial charge in [0.25, 0.3) is 5.91 Å². The van der Waals surface area contributed by atoms with Crippen LogP contribution in [0, 0.1) is 0 Å². The van der Waals surface area contributed by atoms with Crippen molar-refractivity contribution in [2.24, 2.45) is 5.10 Å². The Balaban J connectivity index is 1.47. The summed E-state index contributed by atoms with van der Waals surface area (Å²) in [5.74, 6) is 1.13. The molecule has 12 heteroatoms. The van der Waals surface area contributed by atoms with Gasteiger partial charge in [-0.2, -0.15) is 5.10 Å². The predicted octanol–water partition coefficient (Wildman–Crippen LogP) is 3.61. The van der Waals surface area contributed by atoms with Crippen LogP contribution in [0.15, 0.2) is 59.7 Å². The van der Waals surface area contributed by atoms with Crippen LogP contribution in [-0.2, 0) is 4.79 Å². The number of nitrogens with zero attached hydrogens (tertiary/aromatic N) is 1. The van der Waals surface area contributed by atoms with Gasteiger partial charge in [-0.25, -0.2) is 10.2 Å². The van der Waals surface area contributed by atoms with Crippen LogP contribution in [0.5, 0.6) is 34.5 Å². The first kappa shape index (κ1) is 31.3. The number of carbonyl (C=O) groups excluding carboxylic acids is 3. The van der Waals surface area contributed by atoms with Gasteiger partial charge in [0, 0.05) is 18.5 Å². The van der Waals surface area contributed by atoms with Crippen molar-refractivity contribution < 1.29 is 42.8 Å². The standard InChI is InChI=1S/C30H33N3O9/c1-37-22-12-9-20(16-26(22)40-4)29(35)31-14-6-7-28(34)33-32-18-19-8-11-24(25(15-19)39-3)42-30(36)21-10-13-23(38-2)27(17-21)41-5/h8-13,15-18H,6-7,14H2,1-5H3,(H,31,35)(H,33,34)/b32-18+. The van der Waals surface area contributed by atoms with Gasteiger partial charge in [0.15, 0.2) is 34.5 Å². The van der Waals surface area contributed by atoms with Gasteiger partial charge in [0.2, 0.25) is 5.91 Å². The molecule has 0 bridgehead atoms. The number of benzene rings is 3. The van der Waals surface area contributed by atoms with E-state index in [1.807, 2.05) is 0 Å². The first-order valence-electron chi connectivity index (χ1n) is 12.8. The van der Waals surface area contributed by atoms with Crippen molar-refractivity contribution in [3.8, 4) is 34.5 Å². The van der Waals surface area contributed by atoms with Crippen LogP contribution in [-0.4, -0.2) is 66.1 Å². The Morgan fingerprint density at radius 3 is 1.86 bits per heavy atom. The Hall–Kier alpha value is -5.26. The number of hydrazone groups is 1. The lowest BCUT2D eigenvalue weighted by Gasteiger charge is -2.11. The lowest BCUT2D eigenvalue weighted by molar-refractivity contribution is -0.121. The highest BCUT2D eigenvalue weighted by Crippen LogP contribution is 2.31. The molecular weight excluding hydrogens is 546 g/mol. The number of ether oxygens (including phenoxy) is 6. The first-order valence-corrected chi connectivity index (χ1v) is 12.8. The van der Waals surface area contributed by atoms with Crippen LogP contribution in [0.1, 0.15) is 39.1 Å². The second-order valence-corrected chi connectivity index (χ2v) is 8.59. The monoisotopic (exact) mass is 579 g/mol. The number of rotatable bonds is 14. The van der Waals surface area contributed by atoms with E-state index < -0.39 is 5.97 Å². The quantitative estimate of drug-likeness (QED) is 0.0963. The normalized spacial score (nSPS) is 10.5. The summed E-state index contributed by atoms with van der Waals surface area (Å²) in [4.78, 5) is 37.2. The van der Waals surface area contributed by atoms with E-state index in [4.69, 9.17) is 28.4 Å². The molecule has 12 nitrogen and oxygen atoms in total. The minimum Gasteiger partial charge on any atom is -0.493 e. The Bertz CT molecular complexity index is 1440. The minimum absolute atomic E-state index is 0.151. The fourth-order valence-electron chi connectivity index (χ4n) is 3.74. The summed E-state index contributed by atoms with van der Waals surface area (Å²) in [6.45, 7) is 0.297.